The van der Waals surface area contributed by atoms with Crippen LogP contribution in [0.25, 0.3) is 11.4 Å². The summed E-state index contributed by atoms with van der Waals surface area (Å²) in [5.41, 5.74) is 2.31. The van der Waals surface area contributed by atoms with Crippen molar-refractivity contribution in [2.24, 2.45) is 0 Å². The van der Waals surface area contributed by atoms with Crippen LogP contribution in [0.15, 0.2) is 29.4 Å². The van der Waals surface area contributed by atoms with Gasteiger partial charge in [-0.05, 0) is 25.3 Å². The minimum absolute atomic E-state index is 0.148. The van der Waals surface area contributed by atoms with Crippen molar-refractivity contribution >= 4 is 17.7 Å². The van der Waals surface area contributed by atoms with E-state index in [1.807, 2.05) is 24.0 Å². The Bertz CT molecular complexity index is 639. The van der Waals surface area contributed by atoms with Crippen molar-refractivity contribution in [1.29, 1.82) is 0 Å². The number of H-pyrrole nitrogens is 1. The zero-order valence-electron chi connectivity index (χ0n) is 14.7. The molecule has 1 amide bonds. The normalized spacial score (nSPS) is 10.8. The Hall–Kier alpha value is -1.82. The van der Waals surface area contributed by atoms with E-state index in [0.717, 1.165) is 43.7 Å². The molecule has 0 spiro atoms. The van der Waals surface area contributed by atoms with Crippen LogP contribution in [0, 0.1) is 0 Å². The fraction of sp³-hybridized carbons (Fsp3) is 0.500. The fourth-order valence-corrected chi connectivity index (χ4v) is 3.07. The van der Waals surface area contributed by atoms with Gasteiger partial charge in [-0.25, -0.2) is 4.98 Å². The Morgan fingerprint density at radius 2 is 1.96 bits per heavy atom. The summed E-state index contributed by atoms with van der Waals surface area (Å²) >= 11 is 1.38. The first-order chi connectivity index (χ1) is 11.7. The Kier molecular flexibility index (Phi) is 7.31. The molecule has 0 bridgehead atoms. The van der Waals surface area contributed by atoms with E-state index >= 15 is 0 Å². The van der Waals surface area contributed by atoms with Gasteiger partial charge in [0.15, 0.2) is 5.82 Å². The second-order valence-corrected chi connectivity index (χ2v) is 6.58. The zero-order chi connectivity index (χ0) is 17.4. The minimum Gasteiger partial charge on any atom is -0.342 e. The molecule has 0 saturated carbocycles. The van der Waals surface area contributed by atoms with Crippen molar-refractivity contribution in [3.63, 3.8) is 0 Å². The lowest BCUT2D eigenvalue weighted by molar-refractivity contribution is -0.128. The second kappa shape index (κ2) is 9.47. The van der Waals surface area contributed by atoms with Crippen LogP contribution in [0.5, 0.6) is 0 Å². The number of benzene rings is 1. The number of unbranched alkanes of at least 4 members (excludes halogenated alkanes) is 1. The topological polar surface area (TPSA) is 61.9 Å². The number of aryl methyl sites for hydroxylation is 1. The molecule has 130 valence electrons. The summed E-state index contributed by atoms with van der Waals surface area (Å²) in [5, 5.41) is 7.78. The SMILES string of the molecule is CCCCN(CC)C(=O)CSc1n[nH]c(-c2ccc(CC)cc2)n1. The van der Waals surface area contributed by atoms with Crippen molar-refractivity contribution in [3.05, 3.63) is 29.8 Å². The van der Waals surface area contributed by atoms with E-state index in [9.17, 15) is 4.79 Å². The number of carbonyl (C=O) groups is 1. The van der Waals surface area contributed by atoms with E-state index in [1.54, 1.807) is 0 Å². The van der Waals surface area contributed by atoms with Gasteiger partial charge in [0.25, 0.3) is 0 Å². The number of carbonyl (C=O) groups excluding carboxylic acids is 1. The molecule has 1 aromatic carbocycles. The van der Waals surface area contributed by atoms with E-state index in [0.29, 0.717) is 10.9 Å². The molecular weight excluding hydrogens is 320 g/mol. The quantitative estimate of drug-likeness (QED) is 0.702. The number of amides is 1. The van der Waals surface area contributed by atoms with Crippen LogP contribution in [0.2, 0.25) is 0 Å². The predicted molar refractivity (Wildman–Crippen MR) is 99.1 cm³/mol. The lowest BCUT2D eigenvalue weighted by Crippen LogP contribution is -2.33. The van der Waals surface area contributed by atoms with Gasteiger partial charge in [-0.15, -0.1) is 5.10 Å². The van der Waals surface area contributed by atoms with Gasteiger partial charge in [-0.1, -0.05) is 56.3 Å². The van der Waals surface area contributed by atoms with Crippen LogP contribution in [-0.4, -0.2) is 44.8 Å². The molecule has 0 aliphatic rings. The molecule has 0 saturated heterocycles. The Labute approximate surface area is 148 Å². The summed E-state index contributed by atoms with van der Waals surface area (Å²) in [4.78, 5) is 18.6. The number of nitrogens with zero attached hydrogens (tertiary/aromatic N) is 3. The maximum atomic E-state index is 12.2. The summed E-state index contributed by atoms with van der Waals surface area (Å²) in [5.74, 6) is 1.27. The first-order valence-corrected chi connectivity index (χ1v) is 9.58. The molecule has 6 heteroatoms. The van der Waals surface area contributed by atoms with Crippen LogP contribution in [0.1, 0.15) is 39.2 Å². The van der Waals surface area contributed by atoms with Crippen molar-refractivity contribution in [2.45, 2.75) is 45.2 Å². The van der Waals surface area contributed by atoms with Crippen LogP contribution in [-0.2, 0) is 11.2 Å². The number of thioether (sulfide) groups is 1. The minimum atomic E-state index is 0.148. The average molecular weight is 347 g/mol. The number of aromatic nitrogens is 3. The molecule has 1 heterocycles. The molecule has 2 aromatic rings. The van der Waals surface area contributed by atoms with Gasteiger partial charge in [0.1, 0.15) is 0 Å². The third kappa shape index (κ3) is 5.09. The summed E-state index contributed by atoms with van der Waals surface area (Å²) in [6, 6.07) is 8.28. The molecule has 0 radical (unpaired) electrons. The molecule has 0 fully saturated rings. The largest absolute Gasteiger partial charge is 0.342 e. The third-order valence-electron chi connectivity index (χ3n) is 3.94. The van der Waals surface area contributed by atoms with Crippen molar-refractivity contribution in [2.75, 3.05) is 18.8 Å². The monoisotopic (exact) mass is 346 g/mol. The van der Waals surface area contributed by atoms with Gasteiger partial charge in [0.05, 0.1) is 5.75 Å². The molecule has 0 atom stereocenters. The van der Waals surface area contributed by atoms with Crippen LogP contribution >= 0.6 is 11.8 Å². The summed E-state index contributed by atoms with van der Waals surface area (Å²) in [7, 11) is 0. The number of aromatic amines is 1. The zero-order valence-corrected chi connectivity index (χ0v) is 15.5. The van der Waals surface area contributed by atoms with Gasteiger partial charge in [-0.2, -0.15) is 0 Å². The maximum Gasteiger partial charge on any atom is 0.233 e. The molecule has 5 nitrogen and oxygen atoms in total. The molecule has 1 N–H and O–H groups in total. The molecule has 1 aromatic heterocycles. The van der Waals surface area contributed by atoms with Crippen LogP contribution < -0.4 is 0 Å². The second-order valence-electron chi connectivity index (χ2n) is 5.63. The van der Waals surface area contributed by atoms with Gasteiger partial charge in [0, 0.05) is 18.7 Å². The maximum absolute atomic E-state index is 12.2. The smallest absolute Gasteiger partial charge is 0.233 e. The molecule has 24 heavy (non-hydrogen) atoms. The molecule has 2 rings (SSSR count). The van der Waals surface area contributed by atoms with Gasteiger partial charge in [0.2, 0.25) is 11.1 Å². The number of hydrogen-bond donors (Lipinski definition) is 1. The lowest BCUT2D eigenvalue weighted by Gasteiger charge is -2.19. The first-order valence-electron chi connectivity index (χ1n) is 8.60. The highest BCUT2D eigenvalue weighted by molar-refractivity contribution is 7.99. The molecule has 0 aliphatic carbocycles. The van der Waals surface area contributed by atoms with Crippen molar-refractivity contribution in [1.82, 2.24) is 20.1 Å². The van der Waals surface area contributed by atoms with E-state index in [1.165, 1.54) is 17.3 Å². The summed E-state index contributed by atoms with van der Waals surface area (Å²) < 4.78 is 0. The fourth-order valence-electron chi connectivity index (χ4n) is 2.36. The summed E-state index contributed by atoms with van der Waals surface area (Å²) in [6.45, 7) is 7.87. The van der Waals surface area contributed by atoms with E-state index in [-0.39, 0.29) is 5.91 Å². The molecular formula is C18H26N4OS. The number of hydrogen-bond acceptors (Lipinski definition) is 4. The molecule has 0 aliphatic heterocycles. The van der Waals surface area contributed by atoms with E-state index in [4.69, 9.17) is 0 Å². The number of nitrogens with one attached hydrogen (secondary N) is 1. The number of rotatable bonds is 9. The Morgan fingerprint density at radius 1 is 1.21 bits per heavy atom. The highest BCUT2D eigenvalue weighted by atomic mass is 32.2. The van der Waals surface area contributed by atoms with E-state index in [2.05, 4.69) is 41.2 Å². The highest BCUT2D eigenvalue weighted by Gasteiger charge is 2.13. The van der Waals surface area contributed by atoms with Crippen LogP contribution in [0.4, 0.5) is 0 Å². The highest BCUT2D eigenvalue weighted by Crippen LogP contribution is 2.20. The van der Waals surface area contributed by atoms with Gasteiger partial charge < -0.3 is 4.90 Å². The Morgan fingerprint density at radius 3 is 2.58 bits per heavy atom. The third-order valence-corrected chi connectivity index (χ3v) is 4.77. The van der Waals surface area contributed by atoms with Gasteiger partial charge in [-0.3, -0.25) is 9.89 Å². The van der Waals surface area contributed by atoms with Crippen molar-refractivity contribution in [3.8, 4) is 11.4 Å². The standard InChI is InChI=1S/C18H26N4OS/c1-4-7-12-22(6-3)16(23)13-24-18-19-17(20-21-18)15-10-8-14(5-2)9-11-15/h8-11H,4-7,12-13H2,1-3H3,(H,19,20,21). The van der Waals surface area contributed by atoms with Crippen LogP contribution in [0.3, 0.4) is 0 Å². The summed E-state index contributed by atoms with van der Waals surface area (Å²) in [6.07, 6.45) is 3.16. The first kappa shape index (κ1) is 18.5. The Balaban J connectivity index is 1.92. The molecule has 0 unspecified atom stereocenters. The average Bonchev–Trinajstić information content (AvgIpc) is 3.09. The predicted octanol–water partition coefficient (Wildman–Crippen LogP) is 3.77. The van der Waals surface area contributed by atoms with Crippen molar-refractivity contribution < 1.29 is 4.79 Å². The lowest BCUT2D eigenvalue weighted by atomic mass is 10.1. The van der Waals surface area contributed by atoms with E-state index < -0.39 is 0 Å². The van der Waals surface area contributed by atoms with Gasteiger partial charge >= 0.3 is 0 Å².